The van der Waals surface area contributed by atoms with Crippen LogP contribution < -0.4 is 5.73 Å². The Morgan fingerprint density at radius 3 is 2.56 bits per heavy atom. The van der Waals surface area contributed by atoms with E-state index in [0.29, 0.717) is 11.1 Å². The van der Waals surface area contributed by atoms with Crippen molar-refractivity contribution in [2.24, 2.45) is 11.1 Å². The first-order chi connectivity index (χ1) is 8.34. The van der Waals surface area contributed by atoms with Crippen molar-refractivity contribution < 1.29 is 9.59 Å². The fourth-order valence-electron chi connectivity index (χ4n) is 1.75. The quantitative estimate of drug-likeness (QED) is 0.650. The minimum absolute atomic E-state index is 0.175. The summed E-state index contributed by atoms with van der Waals surface area (Å²) < 4.78 is 0. The van der Waals surface area contributed by atoms with E-state index >= 15 is 0 Å². The number of carbonyl (C=O) groups is 2. The van der Waals surface area contributed by atoms with Gasteiger partial charge >= 0.3 is 0 Å². The molecule has 0 unspecified atom stereocenters. The van der Waals surface area contributed by atoms with E-state index in [0.717, 1.165) is 0 Å². The molecule has 2 rings (SSSR count). The number of pyridine rings is 1. The molecule has 1 aromatic heterocycles. The van der Waals surface area contributed by atoms with E-state index < -0.39 is 5.41 Å². The molecule has 18 heavy (non-hydrogen) atoms. The third-order valence-electron chi connectivity index (χ3n) is 2.99. The van der Waals surface area contributed by atoms with Gasteiger partial charge in [-0.05, 0) is 6.07 Å². The maximum Gasteiger partial charge on any atom is 0.263 e. The zero-order valence-electron chi connectivity index (χ0n) is 10.1. The van der Waals surface area contributed by atoms with Crippen LogP contribution in [0, 0.1) is 5.41 Å². The van der Waals surface area contributed by atoms with Gasteiger partial charge in [-0.1, -0.05) is 26.1 Å². The number of imide groups is 1. The van der Waals surface area contributed by atoms with E-state index in [1.165, 1.54) is 17.3 Å². The number of nitrogens with zero attached hydrogens (tertiary/aromatic N) is 2. The molecule has 0 spiro atoms. The fraction of sp³-hybridized carbons (Fsp3) is 0.333. The van der Waals surface area contributed by atoms with Crippen LogP contribution in [0.15, 0.2) is 18.5 Å². The molecule has 0 saturated carbocycles. The van der Waals surface area contributed by atoms with Crippen LogP contribution in [0.5, 0.6) is 0 Å². The second-order valence-electron chi connectivity index (χ2n) is 4.87. The third kappa shape index (κ3) is 1.88. The van der Waals surface area contributed by atoms with Gasteiger partial charge in [0.1, 0.15) is 0 Å². The molecule has 5 nitrogen and oxygen atoms in total. The summed E-state index contributed by atoms with van der Waals surface area (Å²) in [6.45, 7) is 3.78. The highest BCUT2D eigenvalue weighted by molar-refractivity contribution is 7.80. The van der Waals surface area contributed by atoms with Crippen molar-refractivity contribution in [3.8, 4) is 0 Å². The number of carbonyl (C=O) groups excluding carboxylic acids is 2. The van der Waals surface area contributed by atoms with Crippen molar-refractivity contribution in [2.75, 3.05) is 6.54 Å². The third-order valence-corrected chi connectivity index (χ3v) is 3.55. The fourth-order valence-corrected chi connectivity index (χ4v) is 1.82. The van der Waals surface area contributed by atoms with Crippen LogP contribution in [0.4, 0.5) is 0 Å². The van der Waals surface area contributed by atoms with Crippen LogP contribution in [-0.4, -0.2) is 33.2 Å². The first-order valence-electron chi connectivity index (χ1n) is 5.45. The average molecular weight is 263 g/mol. The van der Waals surface area contributed by atoms with E-state index in [4.69, 9.17) is 18.0 Å². The zero-order chi connectivity index (χ0) is 13.5. The first kappa shape index (κ1) is 12.6. The van der Waals surface area contributed by atoms with Crippen molar-refractivity contribution in [1.82, 2.24) is 9.88 Å². The van der Waals surface area contributed by atoms with Gasteiger partial charge in [-0.15, -0.1) is 0 Å². The maximum absolute atomic E-state index is 12.1. The zero-order valence-corrected chi connectivity index (χ0v) is 11.0. The Morgan fingerprint density at radius 1 is 1.39 bits per heavy atom. The second-order valence-corrected chi connectivity index (χ2v) is 5.31. The standard InChI is InChI=1S/C12H13N3O2S/c1-12(2,11(13)18)6-15-9(16)7-3-4-14-5-8(7)10(15)17/h3-5H,6H2,1-2H3,(H2,13,18). The molecule has 0 bridgehead atoms. The largest absolute Gasteiger partial charge is 0.393 e. The molecule has 6 heteroatoms. The summed E-state index contributed by atoms with van der Waals surface area (Å²) in [6, 6.07) is 1.54. The van der Waals surface area contributed by atoms with Gasteiger partial charge < -0.3 is 5.73 Å². The molecule has 0 fully saturated rings. The van der Waals surface area contributed by atoms with Crippen molar-refractivity contribution in [3.05, 3.63) is 29.6 Å². The Bertz CT molecular complexity index is 519. The van der Waals surface area contributed by atoms with E-state index in [9.17, 15) is 9.59 Å². The molecule has 94 valence electrons. The Hall–Kier alpha value is -1.82. The van der Waals surface area contributed by atoms with Crippen LogP contribution in [0.1, 0.15) is 34.6 Å². The molecule has 2 amide bonds. The summed E-state index contributed by atoms with van der Waals surface area (Å²) in [4.78, 5) is 29.5. The molecule has 0 radical (unpaired) electrons. The molecule has 2 N–H and O–H groups in total. The first-order valence-corrected chi connectivity index (χ1v) is 5.85. The summed E-state index contributed by atoms with van der Waals surface area (Å²) in [7, 11) is 0. The van der Waals surface area contributed by atoms with Crippen molar-refractivity contribution in [2.45, 2.75) is 13.8 Å². The number of thiocarbonyl (C=S) groups is 1. The predicted octanol–water partition coefficient (Wildman–Crippen LogP) is 0.990. The van der Waals surface area contributed by atoms with Crippen LogP contribution in [0.25, 0.3) is 0 Å². The van der Waals surface area contributed by atoms with Gasteiger partial charge in [0.15, 0.2) is 0 Å². The lowest BCUT2D eigenvalue weighted by Crippen LogP contribution is -2.44. The monoisotopic (exact) mass is 263 g/mol. The average Bonchev–Trinajstić information content (AvgIpc) is 2.55. The summed E-state index contributed by atoms with van der Waals surface area (Å²) in [5.74, 6) is -0.658. The van der Waals surface area contributed by atoms with Crippen molar-refractivity contribution >= 4 is 29.0 Å². The molecule has 1 aliphatic rings. The van der Waals surface area contributed by atoms with E-state index in [-0.39, 0.29) is 23.3 Å². The summed E-state index contributed by atoms with van der Waals surface area (Å²) >= 11 is 4.95. The highest BCUT2D eigenvalue weighted by Crippen LogP contribution is 2.26. The number of nitrogens with two attached hydrogens (primary N) is 1. The molecular formula is C12H13N3O2S. The topological polar surface area (TPSA) is 76.3 Å². The highest BCUT2D eigenvalue weighted by atomic mass is 32.1. The lowest BCUT2D eigenvalue weighted by atomic mass is 9.93. The van der Waals surface area contributed by atoms with Gasteiger partial charge in [0, 0.05) is 24.4 Å². The minimum atomic E-state index is -0.587. The van der Waals surface area contributed by atoms with E-state index in [1.54, 1.807) is 19.9 Å². The van der Waals surface area contributed by atoms with Crippen LogP contribution >= 0.6 is 12.2 Å². The lowest BCUT2D eigenvalue weighted by Gasteiger charge is -2.27. The van der Waals surface area contributed by atoms with Crippen LogP contribution in [0.3, 0.4) is 0 Å². The van der Waals surface area contributed by atoms with Gasteiger partial charge in [-0.2, -0.15) is 0 Å². The predicted molar refractivity (Wildman–Crippen MR) is 70.2 cm³/mol. The number of hydrogen-bond donors (Lipinski definition) is 1. The minimum Gasteiger partial charge on any atom is -0.393 e. The van der Waals surface area contributed by atoms with Gasteiger partial charge in [-0.3, -0.25) is 19.5 Å². The van der Waals surface area contributed by atoms with E-state index in [1.807, 2.05) is 0 Å². The van der Waals surface area contributed by atoms with Gasteiger partial charge in [0.2, 0.25) is 0 Å². The number of amides is 2. The van der Waals surface area contributed by atoms with Crippen molar-refractivity contribution in [3.63, 3.8) is 0 Å². The molecular weight excluding hydrogens is 250 g/mol. The summed E-state index contributed by atoms with van der Waals surface area (Å²) in [5, 5.41) is 0. The highest BCUT2D eigenvalue weighted by Gasteiger charge is 2.39. The number of fused-ring (bicyclic) bond motifs is 1. The number of rotatable bonds is 3. The molecule has 2 heterocycles. The SMILES string of the molecule is CC(C)(CN1C(=O)c2ccncc2C1=O)C(N)=S. The van der Waals surface area contributed by atoms with Crippen LogP contribution in [0.2, 0.25) is 0 Å². The molecule has 0 atom stereocenters. The summed E-state index contributed by atoms with van der Waals surface area (Å²) in [6.07, 6.45) is 2.90. The number of aromatic nitrogens is 1. The van der Waals surface area contributed by atoms with E-state index in [2.05, 4.69) is 4.98 Å². The normalized spacial score (nSPS) is 14.9. The summed E-state index contributed by atoms with van der Waals surface area (Å²) in [5.41, 5.74) is 5.74. The van der Waals surface area contributed by atoms with Gasteiger partial charge in [0.25, 0.3) is 11.8 Å². The molecule has 0 aromatic carbocycles. The molecule has 0 aliphatic carbocycles. The van der Waals surface area contributed by atoms with Gasteiger partial charge in [-0.25, -0.2) is 0 Å². The van der Waals surface area contributed by atoms with Crippen LogP contribution in [-0.2, 0) is 0 Å². The Kier molecular flexibility index (Phi) is 2.90. The lowest BCUT2D eigenvalue weighted by molar-refractivity contribution is 0.0621. The molecule has 1 aliphatic heterocycles. The Balaban J connectivity index is 2.32. The number of hydrogen-bond acceptors (Lipinski definition) is 4. The maximum atomic E-state index is 12.1. The Labute approximate surface area is 110 Å². The molecule has 1 aromatic rings. The van der Waals surface area contributed by atoms with Crippen molar-refractivity contribution in [1.29, 1.82) is 0 Å². The second kappa shape index (κ2) is 4.13. The molecule has 0 saturated heterocycles. The Morgan fingerprint density at radius 2 is 2.00 bits per heavy atom. The smallest absolute Gasteiger partial charge is 0.263 e. The van der Waals surface area contributed by atoms with Gasteiger partial charge in [0.05, 0.1) is 16.1 Å².